The summed E-state index contributed by atoms with van der Waals surface area (Å²) in [6.07, 6.45) is 7.32. The van der Waals surface area contributed by atoms with Crippen LogP contribution in [0.1, 0.15) is 24.8 Å². The number of ether oxygens (including phenoxy) is 2. The summed E-state index contributed by atoms with van der Waals surface area (Å²) in [5.74, 6) is 2.55. The Hall–Kier alpha value is -3.69. The lowest BCUT2D eigenvalue weighted by atomic mass is 10.1. The molecule has 3 heterocycles. The summed E-state index contributed by atoms with van der Waals surface area (Å²) in [6.45, 7) is 1.28. The molecule has 3 aromatic rings. The highest BCUT2D eigenvalue weighted by Crippen LogP contribution is 2.28. The maximum Gasteiger partial charge on any atom is 0.253 e. The number of benzene rings is 1. The van der Waals surface area contributed by atoms with Gasteiger partial charge in [0.05, 0.1) is 26.6 Å². The van der Waals surface area contributed by atoms with Crippen molar-refractivity contribution in [3.05, 3.63) is 48.4 Å². The van der Waals surface area contributed by atoms with Crippen LogP contribution in [0.2, 0.25) is 0 Å². The predicted octanol–water partition coefficient (Wildman–Crippen LogP) is 1.75. The number of hydrogen-bond acceptors (Lipinski definition) is 8. The second-order valence-corrected chi connectivity index (χ2v) is 7.22. The summed E-state index contributed by atoms with van der Waals surface area (Å²) in [4.78, 5) is 23.7. The van der Waals surface area contributed by atoms with Gasteiger partial charge < -0.3 is 19.7 Å². The van der Waals surface area contributed by atoms with Crippen molar-refractivity contribution >= 4 is 11.7 Å². The maximum absolute atomic E-state index is 12.6. The lowest BCUT2D eigenvalue weighted by molar-refractivity contribution is -0.121. The average molecular weight is 423 g/mol. The average Bonchev–Trinajstić information content (AvgIpc) is 3.50. The molecule has 1 N–H and O–H groups in total. The third-order valence-corrected chi connectivity index (χ3v) is 5.29. The zero-order valence-corrected chi connectivity index (χ0v) is 17.6. The van der Waals surface area contributed by atoms with E-state index in [0.717, 1.165) is 30.8 Å². The Kier molecular flexibility index (Phi) is 6.25. The van der Waals surface area contributed by atoms with Gasteiger partial charge >= 0.3 is 0 Å². The quantitative estimate of drug-likeness (QED) is 0.584. The van der Waals surface area contributed by atoms with Gasteiger partial charge in [0.25, 0.3) is 5.95 Å². The third-order valence-electron chi connectivity index (χ3n) is 5.29. The van der Waals surface area contributed by atoms with Gasteiger partial charge in [0.2, 0.25) is 5.91 Å². The molecule has 0 radical (unpaired) electrons. The van der Waals surface area contributed by atoms with Gasteiger partial charge in [-0.05, 0) is 36.6 Å². The lowest BCUT2D eigenvalue weighted by Gasteiger charge is -2.25. The first-order valence-corrected chi connectivity index (χ1v) is 10.1. The molecule has 0 unspecified atom stereocenters. The summed E-state index contributed by atoms with van der Waals surface area (Å²) >= 11 is 0. The van der Waals surface area contributed by atoms with Crippen molar-refractivity contribution in [3.8, 4) is 17.4 Å². The number of amides is 1. The molecule has 162 valence electrons. The molecule has 0 aliphatic carbocycles. The highest BCUT2D eigenvalue weighted by molar-refractivity contribution is 5.77. The number of nitrogens with one attached hydrogen (secondary N) is 1. The molecule has 0 bridgehead atoms. The Bertz CT molecular complexity index is 1030. The van der Waals surface area contributed by atoms with E-state index in [2.05, 4.69) is 30.5 Å². The number of methoxy groups -OCH3 is 2. The fourth-order valence-corrected chi connectivity index (χ4v) is 3.75. The monoisotopic (exact) mass is 423 g/mol. The highest BCUT2D eigenvalue weighted by atomic mass is 16.5. The van der Waals surface area contributed by atoms with Crippen molar-refractivity contribution < 1.29 is 14.3 Å². The Morgan fingerprint density at radius 3 is 2.84 bits per heavy atom. The van der Waals surface area contributed by atoms with Crippen LogP contribution in [-0.4, -0.2) is 57.7 Å². The molecule has 1 amide bonds. The molecule has 1 aliphatic heterocycles. The fraction of sp³-hybridized carbons (Fsp3) is 0.381. The van der Waals surface area contributed by atoms with Crippen molar-refractivity contribution in [2.24, 2.45) is 0 Å². The van der Waals surface area contributed by atoms with Crippen LogP contribution in [0.4, 0.5) is 5.82 Å². The number of anilines is 1. The van der Waals surface area contributed by atoms with E-state index in [-0.39, 0.29) is 11.9 Å². The van der Waals surface area contributed by atoms with Crippen LogP contribution in [-0.2, 0) is 11.3 Å². The molecule has 0 spiro atoms. The van der Waals surface area contributed by atoms with Crippen LogP contribution in [0, 0.1) is 0 Å². The molecule has 10 heteroatoms. The van der Waals surface area contributed by atoms with Crippen molar-refractivity contribution in [1.82, 2.24) is 30.3 Å². The molecule has 4 rings (SSSR count). The van der Waals surface area contributed by atoms with E-state index in [9.17, 15) is 4.79 Å². The molecule has 1 atom stereocenters. The summed E-state index contributed by atoms with van der Waals surface area (Å²) in [5, 5.41) is 10.7. The normalized spacial score (nSPS) is 15.7. The van der Waals surface area contributed by atoms with E-state index in [1.165, 1.54) is 4.68 Å². The van der Waals surface area contributed by atoms with Crippen LogP contribution < -0.4 is 19.7 Å². The molecule has 1 aromatic carbocycles. The van der Waals surface area contributed by atoms with E-state index in [1.54, 1.807) is 32.8 Å². The van der Waals surface area contributed by atoms with Crippen LogP contribution in [0.25, 0.3) is 5.95 Å². The highest BCUT2D eigenvalue weighted by Gasteiger charge is 2.28. The number of carbonyl (C=O) groups is 1. The van der Waals surface area contributed by atoms with Crippen molar-refractivity contribution in [1.29, 1.82) is 0 Å². The van der Waals surface area contributed by atoms with Crippen molar-refractivity contribution in [2.45, 2.75) is 31.8 Å². The Balaban J connectivity index is 1.38. The first-order chi connectivity index (χ1) is 15.2. The second kappa shape index (κ2) is 9.41. The first kappa shape index (κ1) is 20.6. The first-order valence-electron chi connectivity index (χ1n) is 10.1. The van der Waals surface area contributed by atoms with Crippen LogP contribution in [0.15, 0.2) is 42.9 Å². The number of rotatable bonds is 8. The van der Waals surface area contributed by atoms with Crippen LogP contribution >= 0.6 is 0 Å². The minimum absolute atomic E-state index is 0.00255. The van der Waals surface area contributed by atoms with E-state index in [4.69, 9.17) is 9.47 Å². The standard InChI is InChI=1S/C21H25N7O3/c1-30-17-6-5-15(12-18(17)31-2)14-23-20(29)13-16-4-3-10-27(16)19-7-8-22-21(25-19)28-11-9-24-26-28/h5-9,11-12,16H,3-4,10,13-14H2,1-2H3,(H,23,29)/t16-/m1/s1. The number of aromatic nitrogens is 5. The van der Waals surface area contributed by atoms with Crippen LogP contribution in [0.5, 0.6) is 11.5 Å². The van der Waals surface area contributed by atoms with E-state index in [1.807, 2.05) is 24.3 Å². The largest absolute Gasteiger partial charge is 0.493 e. The van der Waals surface area contributed by atoms with Crippen molar-refractivity contribution in [2.75, 3.05) is 25.7 Å². The topological polar surface area (TPSA) is 107 Å². The summed E-state index contributed by atoms with van der Waals surface area (Å²) in [7, 11) is 3.19. The Morgan fingerprint density at radius 1 is 1.19 bits per heavy atom. The Labute approximate surface area is 180 Å². The second-order valence-electron chi connectivity index (χ2n) is 7.22. The zero-order valence-electron chi connectivity index (χ0n) is 17.6. The molecule has 1 aliphatic rings. The molecule has 0 saturated carbocycles. The van der Waals surface area contributed by atoms with Gasteiger partial charge in [0, 0.05) is 31.7 Å². The van der Waals surface area contributed by atoms with E-state index in [0.29, 0.717) is 30.4 Å². The lowest BCUT2D eigenvalue weighted by Crippen LogP contribution is -2.35. The molecule has 1 fully saturated rings. The fourth-order valence-electron chi connectivity index (χ4n) is 3.75. The molecule has 1 saturated heterocycles. The minimum Gasteiger partial charge on any atom is -0.493 e. The molecule has 2 aromatic heterocycles. The third kappa shape index (κ3) is 4.73. The Morgan fingerprint density at radius 2 is 2.06 bits per heavy atom. The zero-order chi connectivity index (χ0) is 21.6. The smallest absolute Gasteiger partial charge is 0.253 e. The minimum atomic E-state index is -0.00255. The number of nitrogens with zero attached hydrogens (tertiary/aromatic N) is 6. The molecular formula is C21H25N7O3. The van der Waals surface area contributed by atoms with Gasteiger partial charge in [-0.15, -0.1) is 5.10 Å². The van der Waals surface area contributed by atoms with Gasteiger partial charge in [-0.1, -0.05) is 11.3 Å². The summed E-state index contributed by atoms with van der Waals surface area (Å²) in [5.41, 5.74) is 0.947. The van der Waals surface area contributed by atoms with Gasteiger partial charge in [0.15, 0.2) is 11.5 Å². The van der Waals surface area contributed by atoms with Gasteiger partial charge in [-0.3, -0.25) is 4.79 Å². The van der Waals surface area contributed by atoms with Gasteiger partial charge in [-0.2, -0.15) is 9.67 Å². The maximum atomic E-state index is 12.6. The summed E-state index contributed by atoms with van der Waals surface area (Å²) in [6, 6.07) is 7.56. The van der Waals surface area contributed by atoms with Gasteiger partial charge in [0.1, 0.15) is 5.82 Å². The van der Waals surface area contributed by atoms with E-state index < -0.39 is 0 Å². The van der Waals surface area contributed by atoms with E-state index >= 15 is 0 Å². The predicted molar refractivity (Wildman–Crippen MR) is 113 cm³/mol. The SMILES string of the molecule is COc1ccc(CNC(=O)C[C@H]2CCCN2c2ccnc(-n3ccnn3)n2)cc1OC. The molecular weight excluding hydrogens is 398 g/mol. The van der Waals surface area contributed by atoms with Crippen LogP contribution in [0.3, 0.4) is 0 Å². The molecule has 31 heavy (non-hydrogen) atoms. The number of carbonyl (C=O) groups excluding carboxylic acids is 1. The van der Waals surface area contributed by atoms with Gasteiger partial charge in [-0.25, -0.2) is 4.98 Å². The molecule has 10 nitrogen and oxygen atoms in total. The number of hydrogen-bond donors (Lipinski definition) is 1. The van der Waals surface area contributed by atoms with Crippen molar-refractivity contribution in [3.63, 3.8) is 0 Å². The summed E-state index contributed by atoms with van der Waals surface area (Å²) < 4.78 is 12.1.